The highest BCUT2D eigenvalue weighted by atomic mass is 16.5. The number of methoxy groups -OCH3 is 1. The van der Waals surface area contributed by atoms with E-state index in [1.165, 1.54) is 7.11 Å². The molecule has 2 N–H and O–H groups in total. The molecular formula is C23H26N2O5. The van der Waals surface area contributed by atoms with Gasteiger partial charge in [-0.05, 0) is 17.5 Å². The predicted molar refractivity (Wildman–Crippen MR) is 112 cm³/mol. The molecule has 0 fully saturated rings. The number of carbonyl (C=O) groups is 3. The summed E-state index contributed by atoms with van der Waals surface area (Å²) in [6, 6.07) is 18.6. The number of nitrogens with one attached hydrogen (secondary N) is 2. The van der Waals surface area contributed by atoms with Crippen LogP contribution in [0.1, 0.15) is 17.5 Å². The first-order valence-corrected chi connectivity index (χ1v) is 9.58. The topological polar surface area (TPSA) is 93.7 Å². The molecule has 0 aliphatic heterocycles. The van der Waals surface area contributed by atoms with Crippen LogP contribution in [0.5, 0.6) is 0 Å². The molecule has 0 radical (unpaired) electrons. The van der Waals surface area contributed by atoms with E-state index in [1.54, 1.807) is 12.2 Å². The highest BCUT2D eigenvalue weighted by Crippen LogP contribution is 2.05. The lowest BCUT2D eigenvalue weighted by atomic mass is 10.1. The molecule has 7 heteroatoms. The quantitative estimate of drug-likeness (QED) is 0.464. The molecule has 0 aromatic heterocycles. The maximum absolute atomic E-state index is 12.3. The van der Waals surface area contributed by atoms with Gasteiger partial charge in [-0.25, -0.2) is 4.79 Å². The minimum Gasteiger partial charge on any atom is -0.469 e. The van der Waals surface area contributed by atoms with Crippen molar-refractivity contribution in [1.29, 1.82) is 0 Å². The molecule has 0 heterocycles. The molecule has 2 rings (SSSR count). The minimum absolute atomic E-state index is 0.113. The van der Waals surface area contributed by atoms with Crippen LogP contribution in [0, 0.1) is 0 Å². The number of ether oxygens (including phenoxy) is 2. The fourth-order valence-corrected chi connectivity index (χ4v) is 2.63. The van der Waals surface area contributed by atoms with Gasteiger partial charge in [0.15, 0.2) is 0 Å². The summed E-state index contributed by atoms with van der Waals surface area (Å²) in [6.45, 7) is -0.0923. The van der Waals surface area contributed by atoms with E-state index in [2.05, 4.69) is 15.4 Å². The van der Waals surface area contributed by atoms with Gasteiger partial charge >= 0.3 is 12.1 Å². The molecule has 158 valence electrons. The molecule has 0 spiro atoms. The normalized spacial score (nSPS) is 11.5. The summed E-state index contributed by atoms with van der Waals surface area (Å²) in [5, 5.41) is 5.27. The molecule has 2 amide bonds. The Labute approximate surface area is 176 Å². The number of benzene rings is 2. The maximum Gasteiger partial charge on any atom is 0.407 e. The van der Waals surface area contributed by atoms with Gasteiger partial charge in [0, 0.05) is 0 Å². The van der Waals surface area contributed by atoms with Gasteiger partial charge in [-0.1, -0.05) is 72.8 Å². The zero-order valence-electron chi connectivity index (χ0n) is 16.9. The number of amides is 2. The second kappa shape index (κ2) is 12.8. The van der Waals surface area contributed by atoms with E-state index in [1.807, 2.05) is 60.7 Å². The third-order valence-electron chi connectivity index (χ3n) is 4.13. The van der Waals surface area contributed by atoms with Gasteiger partial charge < -0.3 is 20.1 Å². The largest absolute Gasteiger partial charge is 0.469 e. The second-order valence-corrected chi connectivity index (χ2v) is 6.49. The summed E-state index contributed by atoms with van der Waals surface area (Å²) >= 11 is 0. The Morgan fingerprint density at radius 1 is 0.967 bits per heavy atom. The molecule has 0 saturated carbocycles. The molecule has 0 bridgehead atoms. The second-order valence-electron chi connectivity index (χ2n) is 6.49. The Balaban J connectivity index is 1.82. The number of alkyl carbamates (subject to hydrolysis) is 1. The van der Waals surface area contributed by atoms with Gasteiger partial charge in [0.2, 0.25) is 5.91 Å². The Bertz CT molecular complexity index is 837. The summed E-state index contributed by atoms with van der Waals surface area (Å²) in [5.41, 5.74) is 1.89. The lowest BCUT2D eigenvalue weighted by Crippen LogP contribution is -2.42. The summed E-state index contributed by atoms with van der Waals surface area (Å²) < 4.78 is 9.70. The summed E-state index contributed by atoms with van der Waals surface area (Å²) in [5.74, 6) is -0.728. The molecule has 0 aliphatic carbocycles. The van der Waals surface area contributed by atoms with Crippen LogP contribution in [0.15, 0.2) is 72.8 Å². The minimum atomic E-state index is -0.671. The maximum atomic E-state index is 12.3. The monoisotopic (exact) mass is 410 g/mol. The first kappa shape index (κ1) is 22.7. The van der Waals surface area contributed by atoms with Crippen molar-refractivity contribution >= 4 is 18.0 Å². The first-order chi connectivity index (χ1) is 14.6. The van der Waals surface area contributed by atoms with Crippen LogP contribution in [0.2, 0.25) is 0 Å². The van der Waals surface area contributed by atoms with E-state index in [0.717, 1.165) is 11.1 Å². The third-order valence-corrected chi connectivity index (χ3v) is 4.13. The van der Waals surface area contributed by atoms with Crippen molar-refractivity contribution in [3.8, 4) is 0 Å². The van der Waals surface area contributed by atoms with Crippen LogP contribution >= 0.6 is 0 Å². The van der Waals surface area contributed by atoms with E-state index in [9.17, 15) is 14.4 Å². The highest BCUT2D eigenvalue weighted by molar-refractivity contribution is 5.82. The lowest BCUT2D eigenvalue weighted by molar-refractivity contribution is -0.139. The smallest absolute Gasteiger partial charge is 0.407 e. The van der Waals surface area contributed by atoms with Gasteiger partial charge in [0.05, 0.1) is 19.6 Å². The fraction of sp³-hybridized carbons (Fsp3) is 0.261. The molecule has 0 unspecified atom stereocenters. The van der Waals surface area contributed by atoms with Crippen molar-refractivity contribution in [1.82, 2.24) is 10.6 Å². The van der Waals surface area contributed by atoms with Crippen molar-refractivity contribution in [3.63, 3.8) is 0 Å². The zero-order valence-corrected chi connectivity index (χ0v) is 16.9. The van der Waals surface area contributed by atoms with Crippen LogP contribution in [0.25, 0.3) is 0 Å². The highest BCUT2D eigenvalue weighted by Gasteiger charge is 2.12. The van der Waals surface area contributed by atoms with Crippen molar-refractivity contribution in [3.05, 3.63) is 83.9 Å². The van der Waals surface area contributed by atoms with E-state index in [-0.39, 0.29) is 37.5 Å². The van der Waals surface area contributed by atoms with Gasteiger partial charge in [0.25, 0.3) is 0 Å². The molecule has 0 saturated heterocycles. The number of hydrogen-bond donors (Lipinski definition) is 2. The van der Waals surface area contributed by atoms with Gasteiger partial charge in [-0.2, -0.15) is 0 Å². The number of carbonyl (C=O) groups excluding carboxylic acids is 3. The van der Waals surface area contributed by atoms with Gasteiger partial charge in [-0.3, -0.25) is 9.59 Å². The van der Waals surface area contributed by atoms with Crippen molar-refractivity contribution in [2.24, 2.45) is 0 Å². The Hall–Kier alpha value is -3.61. The number of hydrogen-bond acceptors (Lipinski definition) is 5. The SMILES string of the molecule is COC(=O)C/C=C/[C@@H](Cc1ccccc1)NC(=O)CNC(=O)OCc1ccccc1. The van der Waals surface area contributed by atoms with Crippen molar-refractivity contribution in [2.45, 2.75) is 25.5 Å². The zero-order chi connectivity index (χ0) is 21.6. The van der Waals surface area contributed by atoms with Crippen molar-refractivity contribution in [2.75, 3.05) is 13.7 Å². The number of rotatable bonds is 10. The van der Waals surface area contributed by atoms with E-state index >= 15 is 0 Å². The molecule has 1 atom stereocenters. The predicted octanol–water partition coefficient (Wildman–Crippen LogP) is 2.76. The third kappa shape index (κ3) is 9.05. The molecule has 2 aromatic rings. The summed E-state index contributed by atoms with van der Waals surface area (Å²) in [4.78, 5) is 35.4. The van der Waals surface area contributed by atoms with Crippen LogP contribution in [0.3, 0.4) is 0 Å². The van der Waals surface area contributed by atoms with Crippen LogP contribution < -0.4 is 10.6 Å². The van der Waals surface area contributed by atoms with Crippen molar-refractivity contribution < 1.29 is 23.9 Å². The fourth-order valence-electron chi connectivity index (χ4n) is 2.63. The van der Waals surface area contributed by atoms with Crippen LogP contribution in [0.4, 0.5) is 4.79 Å². The van der Waals surface area contributed by atoms with Crippen LogP contribution in [-0.2, 0) is 32.1 Å². The van der Waals surface area contributed by atoms with Crippen LogP contribution in [-0.4, -0.2) is 37.7 Å². The molecular weight excluding hydrogens is 384 g/mol. The Morgan fingerprint density at radius 3 is 2.23 bits per heavy atom. The average molecular weight is 410 g/mol. The lowest BCUT2D eigenvalue weighted by Gasteiger charge is -2.16. The molecule has 30 heavy (non-hydrogen) atoms. The van der Waals surface area contributed by atoms with E-state index in [0.29, 0.717) is 6.42 Å². The Kier molecular flexibility index (Phi) is 9.65. The standard InChI is InChI=1S/C23H26N2O5/c1-29-22(27)14-8-13-20(15-18-9-4-2-5-10-18)25-21(26)16-24-23(28)30-17-19-11-6-3-7-12-19/h2-13,20H,14-17H2,1H3,(H,24,28)(H,25,26)/b13-8+/t20-/m0/s1. The first-order valence-electron chi connectivity index (χ1n) is 9.58. The molecule has 0 aliphatic rings. The molecule has 7 nitrogen and oxygen atoms in total. The summed E-state index contributed by atoms with van der Waals surface area (Å²) in [7, 11) is 1.32. The number of esters is 1. The van der Waals surface area contributed by atoms with E-state index < -0.39 is 6.09 Å². The molecule has 2 aromatic carbocycles. The summed E-state index contributed by atoms with van der Waals surface area (Å²) in [6.07, 6.45) is 3.39. The van der Waals surface area contributed by atoms with E-state index in [4.69, 9.17) is 4.74 Å². The van der Waals surface area contributed by atoms with Gasteiger partial charge in [0.1, 0.15) is 13.2 Å². The Morgan fingerprint density at radius 2 is 1.60 bits per heavy atom. The van der Waals surface area contributed by atoms with Gasteiger partial charge in [-0.15, -0.1) is 0 Å². The average Bonchev–Trinajstić information content (AvgIpc) is 2.77.